The first-order chi connectivity index (χ1) is 15.9. The van der Waals surface area contributed by atoms with Crippen molar-refractivity contribution >= 4 is 17.6 Å². The Hall–Kier alpha value is -4.78. The number of fused-ring (bicyclic) bond motifs is 4. The minimum absolute atomic E-state index is 0.0395. The summed E-state index contributed by atoms with van der Waals surface area (Å²) in [5.74, 6) is -1.41. The number of anilines is 1. The highest BCUT2D eigenvalue weighted by molar-refractivity contribution is 6.16. The van der Waals surface area contributed by atoms with Crippen LogP contribution in [0.4, 0.5) is 5.69 Å². The molecule has 1 spiro atoms. The summed E-state index contributed by atoms with van der Waals surface area (Å²) in [5, 5.41) is 26.7. The number of para-hydroxylation sites is 1. The third-order valence-corrected chi connectivity index (χ3v) is 5.88. The number of nitriles is 1. The van der Waals surface area contributed by atoms with Crippen molar-refractivity contribution in [2.24, 2.45) is 5.73 Å². The molecule has 10 nitrogen and oxygen atoms in total. The molecule has 1 atom stereocenters. The van der Waals surface area contributed by atoms with E-state index in [1.165, 1.54) is 0 Å². The molecule has 5 rings (SSSR count). The van der Waals surface area contributed by atoms with Gasteiger partial charge in [-0.15, -0.1) is 5.10 Å². The summed E-state index contributed by atoms with van der Waals surface area (Å²) in [7, 11) is 1.55. The lowest BCUT2D eigenvalue weighted by Gasteiger charge is -2.32. The Morgan fingerprint density at radius 2 is 2.03 bits per heavy atom. The van der Waals surface area contributed by atoms with Crippen LogP contribution >= 0.6 is 0 Å². The molecule has 3 heterocycles. The number of carboxylic acids is 1. The molecule has 1 unspecified atom stereocenters. The van der Waals surface area contributed by atoms with Crippen LogP contribution in [0.5, 0.6) is 11.6 Å². The van der Waals surface area contributed by atoms with Crippen molar-refractivity contribution in [2.75, 3.05) is 18.6 Å². The molecule has 1 aromatic heterocycles. The van der Waals surface area contributed by atoms with Gasteiger partial charge in [0.2, 0.25) is 17.7 Å². The van der Waals surface area contributed by atoms with Gasteiger partial charge in [-0.1, -0.05) is 18.2 Å². The lowest BCUT2D eigenvalue weighted by molar-refractivity contribution is -0.136. The van der Waals surface area contributed by atoms with Gasteiger partial charge < -0.3 is 20.3 Å². The van der Waals surface area contributed by atoms with E-state index in [1.807, 2.05) is 6.07 Å². The highest BCUT2D eigenvalue weighted by Crippen LogP contribution is 2.56. The molecular formula is C23H17N5O5. The first kappa shape index (κ1) is 20.1. The molecule has 164 valence electrons. The van der Waals surface area contributed by atoms with Crippen LogP contribution in [-0.2, 0) is 15.0 Å². The summed E-state index contributed by atoms with van der Waals surface area (Å²) in [6, 6.07) is 15.8. The van der Waals surface area contributed by atoms with Crippen molar-refractivity contribution < 1.29 is 24.2 Å². The van der Waals surface area contributed by atoms with Gasteiger partial charge in [0.1, 0.15) is 29.4 Å². The molecule has 0 aliphatic carbocycles. The number of rotatable bonds is 4. The molecule has 2 aliphatic rings. The normalized spacial score (nSPS) is 18.5. The van der Waals surface area contributed by atoms with Crippen LogP contribution in [0.3, 0.4) is 0 Å². The number of amides is 1. The maximum absolute atomic E-state index is 14.0. The molecular weight excluding hydrogens is 426 g/mol. The van der Waals surface area contributed by atoms with Crippen LogP contribution in [-0.4, -0.2) is 40.8 Å². The number of methoxy groups -OCH3 is 1. The van der Waals surface area contributed by atoms with Crippen molar-refractivity contribution in [1.82, 2.24) is 10.2 Å². The number of carbonyl (C=O) groups is 2. The number of nitrogens with two attached hydrogens (primary N) is 1. The lowest BCUT2D eigenvalue weighted by atomic mass is 9.68. The van der Waals surface area contributed by atoms with Gasteiger partial charge in [-0.25, -0.2) is 0 Å². The molecule has 0 radical (unpaired) electrons. The van der Waals surface area contributed by atoms with E-state index < -0.39 is 23.8 Å². The molecule has 0 saturated carbocycles. The maximum Gasteiger partial charge on any atom is 0.323 e. The van der Waals surface area contributed by atoms with E-state index in [1.54, 1.807) is 55.6 Å². The average Bonchev–Trinajstić information content (AvgIpc) is 3.33. The van der Waals surface area contributed by atoms with E-state index in [9.17, 15) is 20.0 Å². The quantitative estimate of drug-likeness (QED) is 0.552. The second-order valence-corrected chi connectivity index (χ2v) is 7.51. The summed E-state index contributed by atoms with van der Waals surface area (Å²) in [6.45, 7) is -0.581. The Balaban J connectivity index is 1.84. The zero-order chi connectivity index (χ0) is 23.3. The lowest BCUT2D eigenvalue weighted by Crippen LogP contribution is -2.47. The maximum atomic E-state index is 14.0. The van der Waals surface area contributed by atoms with Gasteiger partial charge >= 0.3 is 5.97 Å². The van der Waals surface area contributed by atoms with Gasteiger partial charge in [0.25, 0.3) is 0 Å². The average molecular weight is 443 g/mol. The van der Waals surface area contributed by atoms with Crippen LogP contribution in [0.1, 0.15) is 11.1 Å². The number of benzene rings is 2. The smallest absolute Gasteiger partial charge is 0.323 e. The summed E-state index contributed by atoms with van der Waals surface area (Å²) in [4.78, 5) is 26.8. The second kappa shape index (κ2) is 7.13. The summed E-state index contributed by atoms with van der Waals surface area (Å²) in [6.07, 6.45) is 0. The van der Waals surface area contributed by atoms with E-state index in [4.69, 9.17) is 15.2 Å². The number of ether oxygens (including phenoxy) is 2. The van der Waals surface area contributed by atoms with Gasteiger partial charge in [0, 0.05) is 16.8 Å². The standard InChI is InChI=1S/C23H17N5O5/c1-32-13-8-6-12(7-9-13)19-18-21(27-26-19)33-20(25)15(10-24)23(18)14-4-2-3-5-16(14)28(22(23)31)11-17(29)30/h2-9H,11,25H2,1H3,(H,26,27)(H,29,30). The number of aliphatic carboxylic acids is 1. The first-order valence-corrected chi connectivity index (χ1v) is 9.88. The zero-order valence-corrected chi connectivity index (χ0v) is 17.3. The van der Waals surface area contributed by atoms with E-state index in [0.29, 0.717) is 33.8 Å². The van der Waals surface area contributed by atoms with Gasteiger partial charge in [-0.3, -0.25) is 19.6 Å². The van der Waals surface area contributed by atoms with Crippen LogP contribution in [0.15, 0.2) is 60.0 Å². The summed E-state index contributed by atoms with van der Waals surface area (Å²) >= 11 is 0. The fourth-order valence-corrected chi connectivity index (χ4v) is 4.55. The molecule has 0 saturated heterocycles. The molecule has 1 amide bonds. The van der Waals surface area contributed by atoms with Crippen LogP contribution < -0.4 is 20.1 Å². The number of H-pyrrole nitrogens is 1. The summed E-state index contributed by atoms with van der Waals surface area (Å²) in [5.41, 5.74) is 6.43. The van der Waals surface area contributed by atoms with Crippen LogP contribution in [0.25, 0.3) is 11.3 Å². The fourth-order valence-electron chi connectivity index (χ4n) is 4.55. The minimum atomic E-state index is -1.72. The SMILES string of the molecule is COc1ccc(-c2[nH]nc3c2C2(C(=O)N(CC(=O)O)c4ccccc42)C(C#N)=C(N)O3)cc1. The van der Waals surface area contributed by atoms with Crippen molar-refractivity contribution in [3.63, 3.8) is 0 Å². The molecule has 0 bridgehead atoms. The van der Waals surface area contributed by atoms with E-state index in [2.05, 4.69) is 10.2 Å². The predicted molar refractivity (Wildman–Crippen MR) is 115 cm³/mol. The number of hydrogen-bond acceptors (Lipinski definition) is 7. The van der Waals surface area contributed by atoms with Crippen molar-refractivity contribution in [3.8, 4) is 29.0 Å². The molecule has 2 aliphatic heterocycles. The van der Waals surface area contributed by atoms with E-state index >= 15 is 0 Å². The Bertz CT molecular complexity index is 1380. The fraction of sp³-hybridized carbons (Fsp3) is 0.130. The Kier molecular flexibility index (Phi) is 4.35. The number of nitrogens with one attached hydrogen (secondary N) is 1. The van der Waals surface area contributed by atoms with Crippen molar-refractivity contribution in [3.05, 3.63) is 71.1 Å². The molecule has 3 aromatic rings. The van der Waals surface area contributed by atoms with Crippen molar-refractivity contribution in [1.29, 1.82) is 5.26 Å². The Morgan fingerprint density at radius 1 is 1.30 bits per heavy atom. The molecule has 0 fully saturated rings. The van der Waals surface area contributed by atoms with Crippen molar-refractivity contribution in [2.45, 2.75) is 5.41 Å². The topological polar surface area (TPSA) is 155 Å². The largest absolute Gasteiger partial charge is 0.497 e. The number of nitrogens with zero attached hydrogens (tertiary/aromatic N) is 3. The predicted octanol–water partition coefficient (Wildman–Crippen LogP) is 1.89. The molecule has 4 N–H and O–H groups in total. The first-order valence-electron chi connectivity index (χ1n) is 9.88. The number of aromatic nitrogens is 2. The third kappa shape index (κ3) is 2.62. The minimum Gasteiger partial charge on any atom is -0.497 e. The van der Waals surface area contributed by atoms with Gasteiger partial charge in [-0.2, -0.15) is 5.26 Å². The number of carboxylic acid groups (broad SMARTS) is 1. The van der Waals surface area contributed by atoms with Gasteiger partial charge in [-0.05, 0) is 30.3 Å². The highest BCUT2D eigenvalue weighted by atomic mass is 16.5. The third-order valence-electron chi connectivity index (χ3n) is 5.88. The van der Waals surface area contributed by atoms with Crippen LogP contribution in [0.2, 0.25) is 0 Å². The highest BCUT2D eigenvalue weighted by Gasteiger charge is 2.61. The summed E-state index contributed by atoms with van der Waals surface area (Å²) < 4.78 is 10.9. The van der Waals surface area contributed by atoms with Crippen LogP contribution in [0, 0.1) is 11.3 Å². The van der Waals surface area contributed by atoms with E-state index in [-0.39, 0.29) is 17.3 Å². The Morgan fingerprint density at radius 3 is 2.70 bits per heavy atom. The number of aromatic amines is 1. The Labute approximate surface area is 187 Å². The molecule has 10 heteroatoms. The number of carbonyl (C=O) groups excluding carboxylic acids is 1. The zero-order valence-electron chi connectivity index (χ0n) is 17.3. The second-order valence-electron chi connectivity index (χ2n) is 7.51. The van der Waals surface area contributed by atoms with E-state index in [0.717, 1.165) is 4.90 Å². The van der Waals surface area contributed by atoms with Gasteiger partial charge in [0.05, 0.1) is 18.4 Å². The molecule has 2 aromatic carbocycles. The van der Waals surface area contributed by atoms with Gasteiger partial charge in [0.15, 0.2) is 0 Å². The monoisotopic (exact) mass is 443 g/mol. The molecule has 33 heavy (non-hydrogen) atoms. The number of hydrogen-bond donors (Lipinski definition) is 3.